The van der Waals surface area contributed by atoms with Crippen LogP contribution in [0.5, 0.6) is 5.75 Å². The summed E-state index contributed by atoms with van der Waals surface area (Å²) in [6.07, 6.45) is 6.48. The summed E-state index contributed by atoms with van der Waals surface area (Å²) in [5, 5.41) is 10.7. The fourth-order valence-corrected chi connectivity index (χ4v) is 3.71. The number of ether oxygens (including phenoxy) is 1. The first-order chi connectivity index (χ1) is 12.3. The van der Waals surface area contributed by atoms with E-state index < -0.39 is 0 Å². The number of aromatic nitrogens is 2. The van der Waals surface area contributed by atoms with Crippen molar-refractivity contribution in [3.8, 4) is 5.75 Å². The molecule has 2 atom stereocenters. The van der Waals surface area contributed by atoms with E-state index in [4.69, 9.17) is 4.74 Å². The standard InChI is InChI=1S/C19H22N4O2/c1-25-16-4-2-3-13(11-16)18-17(8-10-23(18)15-5-6-15)22-19(24)14-7-9-20-21-12-14/h2-4,7,9,11-12,15,17-18H,5-6,8,10H2,1H3,(H,22,24)/t17-,18+/m0/s1. The maximum absolute atomic E-state index is 12.6. The molecule has 1 saturated heterocycles. The van der Waals surface area contributed by atoms with E-state index >= 15 is 0 Å². The van der Waals surface area contributed by atoms with Crippen molar-refractivity contribution in [2.24, 2.45) is 0 Å². The molecule has 2 aliphatic rings. The zero-order valence-electron chi connectivity index (χ0n) is 14.3. The van der Waals surface area contributed by atoms with Gasteiger partial charge in [-0.1, -0.05) is 12.1 Å². The minimum Gasteiger partial charge on any atom is -0.497 e. The lowest BCUT2D eigenvalue weighted by Gasteiger charge is -2.29. The van der Waals surface area contributed by atoms with Crippen LogP contribution in [0.25, 0.3) is 0 Å². The fraction of sp³-hybridized carbons (Fsp3) is 0.421. The van der Waals surface area contributed by atoms with Crippen molar-refractivity contribution in [2.75, 3.05) is 13.7 Å². The number of likely N-dealkylation sites (tertiary alicyclic amines) is 1. The third kappa shape index (κ3) is 3.35. The van der Waals surface area contributed by atoms with Gasteiger partial charge in [0.1, 0.15) is 5.75 Å². The molecule has 2 fully saturated rings. The van der Waals surface area contributed by atoms with E-state index in [-0.39, 0.29) is 18.0 Å². The Morgan fingerprint density at radius 1 is 1.24 bits per heavy atom. The third-order valence-corrected chi connectivity index (χ3v) is 5.05. The lowest BCUT2D eigenvalue weighted by Crippen LogP contribution is -2.40. The van der Waals surface area contributed by atoms with Gasteiger partial charge in [0.15, 0.2) is 0 Å². The van der Waals surface area contributed by atoms with Gasteiger partial charge in [-0.15, -0.1) is 0 Å². The number of amides is 1. The Balaban J connectivity index is 1.58. The zero-order chi connectivity index (χ0) is 17.2. The summed E-state index contributed by atoms with van der Waals surface area (Å²) >= 11 is 0. The minimum absolute atomic E-state index is 0.0772. The normalized spacial score (nSPS) is 23.4. The van der Waals surface area contributed by atoms with Crippen molar-refractivity contribution in [3.63, 3.8) is 0 Å². The summed E-state index contributed by atoms with van der Waals surface area (Å²) in [7, 11) is 1.68. The van der Waals surface area contributed by atoms with Gasteiger partial charge in [0, 0.05) is 12.6 Å². The molecule has 1 N–H and O–H groups in total. The van der Waals surface area contributed by atoms with E-state index in [1.54, 1.807) is 19.4 Å². The second-order valence-corrected chi connectivity index (χ2v) is 6.69. The number of methoxy groups -OCH3 is 1. The summed E-state index contributed by atoms with van der Waals surface area (Å²) in [5.41, 5.74) is 1.74. The Morgan fingerprint density at radius 2 is 2.12 bits per heavy atom. The topological polar surface area (TPSA) is 67.3 Å². The number of nitrogens with one attached hydrogen (secondary N) is 1. The summed E-state index contributed by atoms with van der Waals surface area (Å²) in [5.74, 6) is 0.758. The molecule has 6 heteroatoms. The number of carbonyl (C=O) groups excluding carboxylic acids is 1. The van der Waals surface area contributed by atoms with Gasteiger partial charge in [-0.25, -0.2) is 0 Å². The number of rotatable bonds is 5. The Morgan fingerprint density at radius 3 is 2.84 bits per heavy atom. The van der Waals surface area contributed by atoms with Crippen LogP contribution in [0.15, 0.2) is 42.7 Å². The predicted octanol–water partition coefficient (Wildman–Crippen LogP) is 2.19. The van der Waals surface area contributed by atoms with Crippen molar-refractivity contribution < 1.29 is 9.53 Å². The summed E-state index contributed by atoms with van der Waals surface area (Å²) in [4.78, 5) is 15.1. The van der Waals surface area contributed by atoms with E-state index in [0.717, 1.165) is 18.7 Å². The molecule has 1 aromatic heterocycles. The van der Waals surface area contributed by atoms with Crippen molar-refractivity contribution in [3.05, 3.63) is 53.9 Å². The highest BCUT2D eigenvalue weighted by Crippen LogP contribution is 2.41. The summed E-state index contributed by atoms with van der Waals surface area (Å²) < 4.78 is 5.39. The minimum atomic E-state index is -0.0922. The molecule has 1 aliphatic heterocycles. The van der Waals surface area contributed by atoms with Crippen LogP contribution < -0.4 is 10.1 Å². The SMILES string of the molecule is COc1cccc([C@@H]2[C@@H](NC(=O)c3ccnnc3)CCN2C2CC2)c1. The molecule has 130 valence electrons. The van der Waals surface area contributed by atoms with Crippen LogP contribution in [0.3, 0.4) is 0 Å². The van der Waals surface area contributed by atoms with Crippen molar-refractivity contribution >= 4 is 5.91 Å². The Hall–Kier alpha value is -2.47. The van der Waals surface area contributed by atoms with E-state index in [1.165, 1.54) is 24.6 Å². The van der Waals surface area contributed by atoms with Gasteiger partial charge in [-0.05, 0) is 43.0 Å². The first-order valence-corrected chi connectivity index (χ1v) is 8.73. The number of carbonyl (C=O) groups is 1. The molecule has 1 aliphatic carbocycles. The van der Waals surface area contributed by atoms with Gasteiger partial charge in [-0.2, -0.15) is 10.2 Å². The number of hydrogen-bond acceptors (Lipinski definition) is 5. The van der Waals surface area contributed by atoms with Crippen molar-refractivity contribution in [1.29, 1.82) is 0 Å². The molecule has 2 aromatic rings. The number of nitrogens with zero attached hydrogens (tertiary/aromatic N) is 3. The Kier molecular flexibility index (Phi) is 4.36. The maximum Gasteiger partial charge on any atom is 0.253 e. The highest BCUT2D eigenvalue weighted by molar-refractivity contribution is 5.94. The van der Waals surface area contributed by atoms with Gasteiger partial charge in [-0.3, -0.25) is 9.69 Å². The van der Waals surface area contributed by atoms with Gasteiger partial charge >= 0.3 is 0 Å². The lowest BCUT2D eigenvalue weighted by molar-refractivity contribution is 0.0923. The molecule has 4 rings (SSSR count). The predicted molar refractivity (Wildman–Crippen MR) is 93.4 cm³/mol. The van der Waals surface area contributed by atoms with E-state index in [9.17, 15) is 4.79 Å². The lowest BCUT2D eigenvalue weighted by atomic mass is 9.99. The molecule has 0 radical (unpaired) electrons. The maximum atomic E-state index is 12.6. The summed E-state index contributed by atoms with van der Waals surface area (Å²) in [6.45, 7) is 1.01. The molecule has 1 aromatic carbocycles. The van der Waals surface area contributed by atoms with Crippen LogP contribution in [-0.2, 0) is 0 Å². The van der Waals surface area contributed by atoms with Gasteiger partial charge < -0.3 is 10.1 Å². The van der Waals surface area contributed by atoms with E-state index in [1.807, 2.05) is 12.1 Å². The molecular formula is C19H22N4O2. The van der Waals surface area contributed by atoms with Gasteiger partial charge in [0.25, 0.3) is 5.91 Å². The average molecular weight is 338 g/mol. The highest BCUT2D eigenvalue weighted by atomic mass is 16.5. The molecule has 2 heterocycles. The largest absolute Gasteiger partial charge is 0.497 e. The zero-order valence-corrected chi connectivity index (χ0v) is 14.3. The first kappa shape index (κ1) is 16.0. The number of benzene rings is 1. The van der Waals surface area contributed by atoms with Gasteiger partial charge in [0.05, 0.1) is 37.2 Å². The molecule has 0 spiro atoms. The van der Waals surface area contributed by atoms with E-state index in [0.29, 0.717) is 11.6 Å². The van der Waals surface area contributed by atoms with Crippen LogP contribution in [0.1, 0.15) is 41.2 Å². The monoisotopic (exact) mass is 338 g/mol. The molecule has 0 bridgehead atoms. The molecule has 6 nitrogen and oxygen atoms in total. The Labute approximate surface area is 147 Å². The molecular weight excluding hydrogens is 316 g/mol. The smallest absolute Gasteiger partial charge is 0.253 e. The molecule has 1 amide bonds. The van der Waals surface area contributed by atoms with Crippen LogP contribution >= 0.6 is 0 Å². The quantitative estimate of drug-likeness (QED) is 0.905. The number of hydrogen-bond donors (Lipinski definition) is 1. The van der Waals surface area contributed by atoms with Crippen LogP contribution in [-0.4, -0.2) is 46.7 Å². The third-order valence-electron chi connectivity index (χ3n) is 5.05. The van der Waals surface area contributed by atoms with Crippen LogP contribution in [0.2, 0.25) is 0 Å². The first-order valence-electron chi connectivity index (χ1n) is 8.73. The second kappa shape index (κ2) is 6.80. The Bertz CT molecular complexity index is 748. The van der Waals surface area contributed by atoms with E-state index in [2.05, 4.69) is 32.5 Å². The van der Waals surface area contributed by atoms with Crippen LogP contribution in [0.4, 0.5) is 0 Å². The second-order valence-electron chi connectivity index (χ2n) is 6.69. The molecule has 1 saturated carbocycles. The molecule has 0 unspecified atom stereocenters. The van der Waals surface area contributed by atoms with Crippen molar-refractivity contribution in [1.82, 2.24) is 20.4 Å². The summed E-state index contributed by atoms with van der Waals surface area (Å²) in [6, 6.07) is 10.8. The average Bonchev–Trinajstić information content (AvgIpc) is 3.43. The van der Waals surface area contributed by atoms with Gasteiger partial charge in [0.2, 0.25) is 0 Å². The molecule has 25 heavy (non-hydrogen) atoms. The van der Waals surface area contributed by atoms with Crippen LogP contribution in [0, 0.1) is 0 Å². The fourth-order valence-electron chi connectivity index (χ4n) is 3.71. The highest BCUT2D eigenvalue weighted by Gasteiger charge is 2.43. The van der Waals surface area contributed by atoms with Crippen molar-refractivity contribution in [2.45, 2.75) is 37.4 Å².